The Balaban J connectivity index is 0. The molecule has 0 saturated carbocycles. The first-order valence-corrected chi connectivity index (χ1v) is 6.29. The largest absolute Gasteiger partial charge is 0.370 e. The lowest BCUT2D eigenvalue weighted by Gasteiger charge is -2.02. The van der Waals surface area contributed by atoms with E-state index in [1.54, 1.807) is 24.3 Å². The molecule has 2 rings (SSSR count). The van der Waals surface area contributed by atoms with Crippen molar-refractivity contribution in [2.45, 2.75) is 27.7 Å². The van der Waals surface area contributed by atoms with E-state index in [1.165, 1.54) is 20.5 Å². The number of rotatable bonds is 0. The molecule has 0 aliphatic carbocycles. The molecule has 6 nitrogen and oxygen atoms in total. The van der Waals surface area contributed by atoms with Gasteiger partial charge in [-0.2, -0.15) is 0 Å². The summed E-state index contributed by atoms with van der Waals surface area (Å²) >= 11 is 0. The van der Waals surface area contributed by atoms with Gasteiger partial charge < -0.3 is 11.5 Å². The van der Waals surface area contributed by atoms with Gasteiger partial charge in [0, 0.05) is 14.1 Å². The summed E-state index contributed by atoms with van der Waals surface area (Å²) in [5.41, 5.74) is 10.6. The lowest BCUT2D eigenvalue weighted by atomic mass is 10.1. The minimum absolute atomic E-state index is 0. The molecular formula is C15H26N4O2. The van der Waals surface area contributed by atoms with Crippen molar-refractivity contribution in [3.05, 3.63) is 35.4 Å². The fourth-order valence-corrected chi connectivity index (χ4v) is 1.31. The van der Waals surface area contributed by atoms with Crippen LogP contribution in [0.25, 0.3) is 0 Å². The third kappa shape index (κ3) is 6.07. The number of benzene rings is 1. The summed E-state index contributed by atoms with van der Waals surface area (Å²) in [6, 6.07) is 6.84. The summed E-state index contributed by atoms with van der Waals surface area (Å²) < 4.78 is 0. The van der Waals surface area contributed by atoms with Gasteiger partial charge in [-0.1, -0.05) is 39.8 Å². The molecule has 1 heterocycles. The van der Waals surface area contributed by atoms with Crippen LogP contribution in [0.5, 0.6) is 0 Å². The molecule has 0 saturated heterocycles. The molecule has 0 bridgehead atoms. The van der Waals surface area contributed by atoms with Gasteiger partial charge >= 0.3 is 0 Å². The number of amides is 2. The van der Waals surface area contributed by atoms with Crippen molar-refractivity contribution < 1.29 is 9.59 Å². The Morgan fingerprint density at radius 3 is 1.62 bits per heavy atom. The first kappa shape index (κ1) is 20.9. The standard InChI is InChI=1S/C9H7NO2.C3H8.C2H7N3.CH4/c1-10-8(11)6-4-2-3-5-7(6)9(10)12;1-3-2;1-5-2(3)4;/h2-5H,1H3;3H2,1-2H3;1H3,(H4,3,4,5);1H4. The van der Waals surface area contributed by atoms with Crippen LogP contribution < -0.4 is 11.5 Å². The van der Waals surface area contributed by atoms with Crippen LogP contribution in [-0.4, -0.2) is 36.8 Å². The van der Waals surface area contributed by atoms with Crippen molar-refractivity contribution in [1.82, 2.24) is 4.90 Å². The fraction of sp³-hybridized carbons (Fsp3) is 0.400. The molecule has 0 unspecified atom stereocenters. The molecule has 1 aliphatic heterocycles. The number of carbonyl (C=O) groups excluding carboxylic acids is 2. The Kier molecular flexibility index (Phi) is 10.4. The number of carbonyl (C=O) groups is 2. The van der Waals surface area contributed by atoms with Gasteiger partial charge in [-0.15, -0.1) is 0 Å². The molecule has 118 valence electrons. The maximum Gasteiger partial charge on any atom is 0.261 e. The Hall–Kier alpha value is -2.37. The minimum Gasteiger partial charge on any atom is -0.370 e. The van der Waals surface area contributed by atoms with Crippen LogP contribution in [0, 0.1) is 0 Å². The Morgan fingerprint density at radius 2 is 1.38 bits per heavy atom. The van der Waals surface area contributed by atoms with Crippen molar-refractivity contribution in [2.24, 2.45) is 16.5 Å². The maximum atomic E-state index is 11.3. The lowest BCUT2D eigenvalue weighted by molar-refractivity contribution is 0.0693. The van der Waals surface area contributed by atoms with Gasteiger partial charge in [-0.3, -0.25) is 19.5 Å². The van der Waals surface area contributed by atoms with Crippen LogP contribution in [0.3, 0.4) is 0 Å². The number of nitrogens with two attached hydrogens (primary N) is 2. The third-order valence-electron chi connectivity index (χ3n) is 2.26. The SMILES string of the molecule is C.CCC.CN1C(=O)c2ccccc2C1=O.CN=C(N)N. The summed E-state index contributed by atoms with van der Waals surface area (Å²) in [5, 5.41) is 0. The van der Waals surface area contributed by atoms with Gasteiger partial charge in [0.05, 0.1) is 11.1 Å². The number of fused-ring (bicyclic) bond motifs is 1. The van der Waals surface area contributed by atoms with Crippen LogP contribution in [0.4, 0.5) is 0 Å². The fourth-order valence-electron chi connectivity index (χ4n) is 1.31. The smallest absolute Gasteiger partial charge is 0.261 e. The zero-order valence-corrected chi connectivity index (χ0v) is 12.4. The molecule has 0 radical (unpaired) electrons. The summed E-state index contributed by atoms with van der Waals surface area (Å²) in [6.07, 6.45) is 1.25. The predicted octanol–water partition coefficient (Wildman–Crippen LogP) is 1.85. The van der Waals surface area contributed by atoms with Gasteiger partial charge in [0.1, 0.15) is 0 Å². The topological polar surface area (TPSA) is 102 Å². The molecule has 0 atom stereocenters. The number of hydrogen-bond acceptors (Lipinski definition) is 3. The molecule has 0 spiro atoms. The summed E-state index contributed by atoms with van der Waals surface area (Å²) in [7, 11) is 3.03. The quantitative estimate of drug-likeness (QED) is 0.433. The predicted molar refractivity (Wildman–Crippen MR) is 87.3 cm³/mol. The first-order chi connectivity index (χ1) is 9.40. The lowest BCUT2D eigenvalue weighted by Crippen LogP contribution is -2.24. The van der Waals surface area contributed by atoms with Gasteiger partial charge in [0.25, 0.3) is 11.8 Å². The van der Waals surface area contributed by atoms with Gasteiger partial charge in [0.2, 0.25) is 0 Å². The van der Waals surface area contributed by atoms with E-state index in [1.807, 2.05) is 0 Å². The average molecular weight is 294 g/mol. The molecular weight excluding hydrogens is 268 g/mol. The highest BCUT2D eigenvalue weighted by molar-refractivity contribution is 6.21. The zero-order valence-electron chi connectivity index (χ0n) is 12.4. The molecule has 4 N–H and O–H groups in total. The van der Waals surface area contributed by atoms with Crippen molar-refractivity contribution in [2.75, 3.05) is 14.1 Å². The highest BCUT2D eigenvalue weighted by atomic mass is 16.2. The monoisotopic (exact) mass is 294 g/mol. The van der Waals surface area contributed by atoms with Crippen molar-refractivity contribution >= 4 is 17.8 Å². The Bertz CT molecular complexity index is 459. The van der Waals surface area contributed by atoms with Crippen molar-refractivity contribution in [1.29, 1.82) is 0 Å². The second-order valence-corrected chi connectivity index (χ2v) is 4.07. The van der Waals surface area contributed by atoms with Crippen molar-refractivity contribution in [3.63, 3.8) is 0 Å². The number of guanidine groups is 1. The van der Waals surface area contributed by atoms with Crippen LogP contribution >= 0.6 is 0 Å². The van der Waals surface area contributed by atoms with E-state index in [0.29, 0.717) is 11.1 Å². The molecule has 1 aliphatic rings. The average Bonchev–Trinajstić information content (AvgIpc) is 2.66. The highest BCUT2D eigenvalue weighted by Crippen LogP contribution is 2.20. The van der Waals surface area contributed by atoms with E-state index >= 15 is 0 Å². The van der Waals surface area contributed by atoms with E-state index in [-0.39, 0.29) is 25.2 Å². The molecule has 1 aromatic rings. The molecule has 1 aromatic carbocycles. The van der Waals surface area contributed by atoms with Gasteiger partial charge in [-0.05, 0) is 12.1 Å². The molecule has 0 fully saturated rings. The second kappa shape index (κ2) is 10.4. The van der Waals surface area contributed by atoms with Crippen molar-refractivity contribution in [3.8, 4) is 0 Å². The maximum absolute atomic E-state index is 11.3. The van der Waals surface area contributed by atoms with Crippen LogP contribution in [0.15, 0.2) is 29.3 Å². The van der Waals surface area contributed by atoms with Crippen LogP contribution in [-0.2, 0) is 0 Å². The zero-order chi connectivity index (χ0) is 15.7. The van der Waals surface area contributed by atoms with Crippen LogP contribution in [0.2, 0.25) is 0 Å². The number of hydrogen-bond donors (Lipinski definition) is 2. The van der Waals surface area contributed by atoms with Gasteiger partial charge in [-0.25, -0.2) is 0 Å². The van der Waals surface area contributed by atoms with Gasteiger partial charge in [0.15, 0.2) is 5.96 Å². The summed E-state index contributed by atoms with van der Waals surface area (Å²) in [4.78, 5) is 27.1. The Labute approximate surface area is 126 Å². The van der Waals surface area contributed by atoms with E-state index in [4.69, 9.17) is 11.5 Å². The molecule has 2 amide bonds. The second-order valence-electron chi connectivity index (χ2n) is 4.07. The normalized spacial score (nSPS) is 11.1. The molecule has 6 heteroatoms. The van der Waals surface area contributed by atoms with Crippen LogP contribution in [0.1, 0.15) is 48.4 Å². The van der Waals surface area contributed by atoms with E-state index in [2.05, 4.69) is 18.8 Å². The summed E-state index contributed by atoms with van der Waals surface area (Å²) in [5.74, 6) is -0.295. The Morgan fingerprint density at radius 1 is 1.10 bits per heavy atom. The third-order valence-corrected chi connectivity index (χ3v) is 2.26. The minimum atomic E-state index is -0.212. The first-order valence-electron chi connectivity index (χ1n) is 6.29. The number of nitrogens with zero attached hydrogens (tertiary/aromatic N) is 2. The van der Waals surface area contributed by atoms with E-state index in [0.717, 1.165) is 4.90 Å². The number of imide groups is 1. The number of aliphatic imine (C=N–C) groups is 1. The highest BCUT2D eigenvalue weighted by Gasteiger charge is 2.31. The molecule has 0 aromatic heterocycles. The van der Waals surface area contributed by atoms with E-state index in [9.17, 15) is 9.59 Å². The summed E-state index contributed by atoms with van der Waals surface area (Å²) in [6.45, 7) is 4.25. The van der Waals surface area contributed by atoms with E-state index < -0.39 is 0 Å². The molecule has 21 heavy (non-hydrogen) atoms.